The summed E-state index contributed by atoms with van der Waals surface area (Å²) < 4.78 is 1.29. The monoisotopic (exact) mass is 312 g/mol. The number of benzene rings is 1. The molecule has 0 saturated carbocycles. The number of rotatable bonds is 3. The Kier molecular flexibility index (Phi) is 3.49. The standard InChI is InChI=1S/C15H9ClN4O2/c16-11-4-10-3-9(1-2-13(10)18-7-11)8-20-14(15(21)22)5-12(6-17)19-20/h1-5,7H,8H2,(H,21,22). The summed E-state index contributed by atoms with van der Waals surface area (Å²) in [5, 5.41) is 23.4. The van der Waals surface area contributed by atoms with Crippen LogP contribution >= 0.6 is 11.6 Å². The van der Waals surface area contributed by atoms with Gasteiger partial charge < -0.3 is 5.11 Å². The van der Waals surface area contributed by atoms with Crippen molar-refractivity contribution in [1.82, 2.24) is 14.8 Å². The first kappa shape index (κ1) is 14.0. The molecule has 0 aliphatic rings. The quantitative estimate of drug-likeness (QED) is 0.802. The number of carboxylic acids is 1. The van der Waals surface area contributed by atoms with Crippen molar-refractivity contribution in [1.29, 1.82) is 5.26 Å². The molecule has 0 saturated heterocycles. The van der Waals surface area contributed by atoms with Gasteiger partial charge in [0, 0.05) is 17.6 Å². The Bertz CT molecular complexity index is 927. The molecule has 1 N–H and O–H groups in total. The first-order chi connectivity index (χ1) is 10.6. The maximum absolute atomic E-state index is 11.2. The van der Waals surface area contributed by atoms with Crippen molar-refractivity contribution in [2.45, 2.75) is 6.54 Å². The van der Waals surface area contributed by atoms with Crippen LogP contribution in [0.15, 0.2) is 36.5 Å². The summed E-state index contributed by atoms with van der Waals surface area (Å²) in [6, 6.07) is 10.4. The molecule has 0 amide bonds. The van der Waals surface area contributed by atoms with E-state index in [-0.39, 0.29) is 17.9 Å². The fourth-order valence-corrected chi connectivity index (χ4v) is 2.36. The van der Waals surface area contributed by atoms with Gasteiger partial charge in [-0.25, -0.2) is 4.79 Å². The van der Waals surface area contributed by atoms with E-state index in [0.29, 0.717) is 5.02 Å². The van der Waals surface area contributed by atoms with Crippen LogP contribution in [-0.4, -0.2) is 25.8 Å². The van der Waals surface area contributed by atoms with Crippen molar-refractivity contribution in [2.24, 2.45) is 0 Å². The van der Waals surface area contributed by atoms with Gasteiger partial charge in [-0.2, -0.15) is 10.4 Å². The number of aromatic nitrogens is 3. The number of nitriles is 1. The molecule has 2 heterocycles. The highest BCUT2D eigenvalue weighted by atomic mass is 35.5. The molecule has 0 unspecified atom stereocenters. The van der Waals surface area contributed by atoms with Crippen molar-refractivity contribution in [3.8, 4) is 6.07 Å². The average molecular weight is 313 g/mol. The number of carbonyl (C=O) groups is 1. The van der Waals surface area contributed by atoms with Crippen LogP contribution < -0.4 is 0 Å². The summed E-state index contributed by atoms with van der Waals surface area (Å²) in [6.45, 7) is 0.242. The predicted molar refractivity (Wildman–Crippen MR) is 79.8 cm³/mol. The Balaban J connectivity index is 2.01. The average Bonchev–Trinajstić information content (AvgIpc) is 2.90. The van der Waals surface area contributed by atoms with Crippen LogP contribution in [0.3, 0.4) is 0 Å². The minimum absolute atomic E-state index is 0.0270. The van der Waals surface area contributed by atoms with Gasteiger partial charge in [-0.3, -0.25) is 9.67 Å². The van der Waals surface area contributed by atoms with E-state index in [0.717, 1.165) is 16.5 Å². The van der Waals surface area contributed by atoms with Gasteiger partial charge in [-0.1, -0.05) is 17.7 Å². The zero-order valence-corrected chi connectivity index (χ0v) is 11.9. The summed E-state index contributed by atoms with van der Waals surface area (Å²) in [6.07, 6.45) is 1.57. The van der Waals surface area contributed by atoms with Crippen LogP contribution in [0.2, 0.25) is 5.02 Å². The maximum Gasteiger partial charge on any atom is 0.354 e. The van der Waals surface area contributed by atoms with Gasteiger partial charge in [0.2, 0.25) is 0 Å². The number of carboxylic acid groups (broad SMARTS) is 1. The van der Waals surface area contributed by atoms with Crippen molar-refractivity contribution in [3.63, 3.8) is 0 Å². The van der Waals surface area contributed by atoms with Gasteiger partial charge in [0.05, 0.1) is 17.1 Å². The third kappa shape index (κ3) is 2.62. The molecule has 0 bridgehead atoms. The zero-order valence-electron chi connectivity index (χ0n) is 11.2. The first-order valence-corrected chi connectivity index (χ1v) is 6.70. The van der Waals surface area contributed by atoms with Crippen LogP contribution in [0.25, 0.3) is 10.9 Å². The van der Waals surface area contributed by atoms with Crippen molar-refractivity contribution >= 4 is 28.5 Å². The number of pyridine rings is 1. The smallest absolute Gasteiger partial charge is 0.354 e. The lowest BCUT2D eigenvalue weighted by molar-refractivity contribution is 0.0684. The largest absolute Gasteiger partial charge is 0.477 e. The first-order valence-electron chi connectivity index (χ1n) is 6.32. The second-order valence-electron chi connectivity index (χ2n) is 4.67. The minimum Gasteiger partial charge on any atom is -0.477 e. The van der Waals surface area contributed by atoms with E-state index in [2.05, 4.69) is 10.1 Å². The van der Waals surface area contributed by atoms with Crippen molar-refractivity contribution < 1.29 is 9.90 Å². The highest BCUT2D eigenvalue weighted by Gasteiger charge is 2.14. The fraction of sp³-hybridized carbons (Fsp3) is 0.0667. The third-order valence-electron chi connectivity index (χ3n) is 3.16. The molecular formula is C15H9ClN4O2. The van der Waals surface area contributed by atoms with Crippen LogP contribution in [0.4, 0.5) is 0 Å². The zero-order chi connectivity index (χ0) is 15.7. The number of halogens is 1. The minimum atomic E-state index is -1.13. The molecule has 0 fully saturated rings. The lowest BCUT2D eigenvalue weighted by Crippen LogP contribution is -2.10. The van der Waals surface area contributed by atoms with E-state index in [1.807, 2.05) is 24.3 Å². The van der Waals surface area contributed by atoms with Crippen molar-refractivity contribution in [2.75, 3.05) is 0 Å². The second-order valence-corrected chi connectivity index (χ2v) is 5.11. The molecule has 0 atom stereocenters. The lowest BCUT2D eigenvalue weighted by atomic mass is 10.1. The molecule has 3 aromatic rings. The Hall–Kier alpha value is -2.91. The van der Waals surface area contributed by atoms with Crippen LogP contribution in [0.5, 0.6) is 0 Å². The van der Waals surface area contributed by atoms with E-state index in [1.54, 1.807) is 12.3 Å². The van der Waals surface area contributed by atoms with Crippen molar-refractivity contribution in [3.05, 3.63) is 58.5 Å². The van der Waals surface area contributed by atoms with Crippen LogP contribution in [-0.2, 0) is 6.54 Å². The summed E-state index contributed by atoms with van der Waals surface area (Å²) in [7, 11) is 0. The topological polar surface area (TPSA) is 91.8 Å². The van der Waals surface area contributed by atoms with Gasteiger partial charge in [-0.15, -0.1) is 0 Å². The Labute approximate surface area is 130 Å². The molecule has 2 aromatic heterocycles. The number of fused-ring (bicyclic) bond motifs is 1. The molecule has 0 radical (unpaired) electrons. The summed E-state index contributed by atoms with van der Waals surface area (Å²) in [4.78, 5) is 15.4. The van der Waals surface area contributed by atoms with E-state index in [1.165, 1.54) is 10.7 Å². The predicted octanol–water partition coefficient (Wildman–Crippen LogP) is 2.70. The molecule has 7 heteroatoms. The molecule has 0 aliphatic carbocycles. The summed E-state index contributed by atoms with van der Waals surface area (Å²) in [5.74, 6) is -1.13. The van der Waals surface area contributed by atoms with E-state index in [9.17, 15) is 4.79 Å². The second kappa shape index (κ2) is 5.47. The number of nitrogens with zero attached hydrogens (tertiary/aromatic N) is 4. The van der Waals surface area contributed by atoms with Gasteiger partial charge in [0.25, 0.3) is 0 Å². The Morgan fingerprint density at radius 2 is 2.18 bits per heavy atom. The number of aromatic carboxylic acids is 1. The van der Waals surface area contributed by atoms with Gasteiger partial charge >= 0.3 is 5.97 Å². The van der Waals surface area contributed by atoms with E-state index in [4.69, 9.17) is 22.0 Å². The summed E-state index contributed by atoms with van der Waals surface area (Å²) in [5.41, 5.74) is 1.68. The molecule has 108 valence electrons. The SMILES string of the molecule is N#Cc1cc(C(=O)O)n(Cc2ccc3ncc(Cl)cc3c2)n1. The van der Waals surface area contributed by atoms with Crippen LogP contribution in [0.1, 0.15) is 21.7 Å². The molecule has 0 spiro atoms. The van der Waals surface area contributed by atoms with Gasteiger partial charge in [0.15, 0.2) is 5.69 Å². The normalized spacial score (nSPS) is 10.5. The molecule has 0 aliphatic heterocycles. The Morgan fingerprint density at radius 3 is 2.91 bits per heavy atom. The van der Waals surface area contributed by atoms with Gasteiger partial charge in [-0.05, 0) is 23.8 Å². The van der Waals surface area contributed by atoms with E-state index < -0.39 is 5.97 Å². The summed E-state index contributed by atoms with van der Waals surface area (Å²) >= 11 is 5.93. The highest BCUT2D eigenvalue weighted by molar-refractivity contribution is 6.31. The van der Waals surface area contributed by atoms with Gasteiger partial charge in [0.1, 0.15) is 11.8 Å². The molecular weight excluding hydrogens is 304 g/mol. The van der Waals surface area contributed by atoms with E-state index >= 15 is 0 Å². The molecule has 6 nitrogen and oxygen atoms in total. The highest BCUT2D eigenvalue weighted by Crippen LogP contribution is 2.19. The molecule has 22 heavy (non-hydrogen) atoms. The Morgan fingerprint density at radius 1 is 1.36 bits per heavy atom. The maximum atomic E-state index is 11.2. The molecule has 3 rings (SSSR count). The third-order valence-corrected chi connectivity index (χ3v) is 3.36. The number of hydrogen-bond donors (Lipinski definition) is 1. The number of hydrogen-bond acceptors (Lipinski definition) is 4. The fourth-order valence-electron chi connectivity index (χ4n) is 2.19. The lowest BCUT2D eigenvalue weighted by Gasteiger charge is -2.06. The van der Waals surface area contributed by atoms with Crippen LogP contribution in [0, 0.1) is 11.3 Å². The molecule has 1 aromatic carbocycles.